The zero-order valence-corrected chi connectivity index (χ0v) is 10.3. The van der Waals surface area contributed by atoms with Crippen LogP contribution in [0, 0.1) is 6.92 Å². The minimum Gasteiger partial charge on any atom is -0.393 e. The molecule has 0 saturated carbocycles. The van der Waals surface area contributed by atoms with Gasteiger partial charge in [0.1, 0.15) is 5.82 Å². The van der Waals surface area contributed by atoms with E-state index in [0.717, 1.165) is 30.9 Å². The van der Waals surface area contributed by atoms with Gasteiger partial charge in [0.2, 0.25) is 0 Å². The molecule has 0 aromatic carbocycles. The molecule has 2 N–H and O–H groups in total. The maximum absolute atomic E-state index is 10.1. The molecule has 1 unspecified atom stereocenters. The van der Waals surface area contributed by atoms with Gasteiger partial charge in [-0.15, -0.1) is 0 Å². The molecule has 1 fully saturated rings. The summed E-state index contributed by atoms with van der Waals surface area (Å²) in [5.41, 5.74) is 0.249. The Bertz CT molecular complexity index is 383. The molecule has 2 heterocycles. The normalized spacial score (nSPS) is 25.7. The molecule has 2 rings (SSSR count). The van der Waals surface area contributed by atoms with Crippen LogP contribution in [0.2, 0.25) is 0 Å². The van der Waals surface area contributed by atoms with Crippen molar-refractivity contribution in [3.05, 3.63) is 23.9 Å². The molecule has 0 spiro atoms. The van der Waals surface area contributed by atoms with Crippen LogP contribution in [0.1, 0.15) is 24.8 Å². The van der Waals surface area contributed by atoms with Gasteiger partial charge >= 0.3 is 0 Å². The monoisotopic (exact) mass is 236 g/mol. The Kier molecular flexibility index (Phi) is 3.64. The Balaban J connectivity index is 2.12. The van der Waals surface area contributed by atoms with Gasteiger partial charge in [0.05, 0.1) is 12.2 Å². The van der Waals surface area contributed by atoms with Crippen LogP contribution >= 0.6 is 0 Å². The van der Waals surface area contributed by atoms with E-state index in [4.69, 9.17) is 0 Å². The summed E-state index contributed by atoms with van der Waals surface area (Å²) in [5, 5.41) is 19.3. The average Bonchev–Trinajstić information content (AvgIpc) is 2.53. The van der Waals surface area contributed by atoms with Gasteiger partial charge in [-0.1, -0.05) is 6.07 Å². The zero-order chi connectivity index (χ0) is 12.3. The van der Waals surface area contributed by atoms with Crippen molar-refractivity contribution in [1.29, 1.82) is 0 Å². The molecule has 0 aliphatic carbocycles. The van der Waals surface area contributed by atoms with Crippen LogP contribution in [0.25, 0.3) is 0 Å². The van der Waals surface area contributed by atoms with E-state index in [1.165, 1.54) is 0 Å². The van der Waals surface area contributed by atoms with Gasteiger partial charge in [-0.2, -0.15) is 0 Å². The number of pyridine rings is 1. The van der Waals surface area contributed by atoms with E-state index >= 15 is 0 Å². The topological polar surface area (TPSA) is 56.6 Å². The van der Waals surface area contributed by atoms with Crippen LogP contribution in [-0.2, 0) is 0 Å². The molecule has 4 nitrogen and oxygen atoms in total. The predicted octanol–water partition coefficient (Wildman–Crippen LogP) is 1.10. The second-order valence-electron chi connectivity index (χ2n) is 4.87. The molecule has 17 heavy (non-hydrogen) atoms. The molecule has 4 heteroatoms. The third kappa shape index (κ3) is 2.76. The molecule has 0 amide bonds. The van der Waals surface area contributed by atoms with Crippen molar-refractivity contribution >= 4 is 5.82 Å². The lowest BCUT2D eigenvalue weighted by molar-refractivity contribution is -0.0232. The molecule has 1 atom stereocenters. The first-order valence-electron chi connectivity index (χ1n) is 6.14. The molecule has 94 valence electrons. The summed E-state index contributed by atoms with van der Waals surface area (Å²) in [5.74, 6) is 0.995. The quantitative estimate of drug-likeness (QED) is 0.807. The SMILES string of the molecule is Cc1cccnc1N1CCCC(O)(CO)CC1. The highest BCUT2D eigenvalue weighted by Gasteiger charge is 2.29. The first-order valence-corrected chi connectivity index (χ1v) is 6.14. The summed E-state index contributed by atoms with van der Waals surface area (Å²) in [4.78, 5) is 6.60. The summed E-state index contributed by atoms with van der Waals surface area (Å²) < 4.78 is 0. The van der Waals surface area contributed by atoms with Crippen LogP contribution in [0.3, 0.4) is 0 Å². The van der Waals surface area contributed by atoms with Gasteiger partial charge in [0.25, 0.3) is 0 Å². The van der Waals surface area contributed by atoms with Crippen LogP contribution in [0.5, 0.6) is 0 Å². The van der Waals surface area contributed by atoms with Gasteiger partial charge in [0.15, 0.2) is 0 Å². The highest BCUT2D eigenvalue weighted by molar-refractivity contribution is 5.45. The molecule has 1 aliphatic heterocycles. The third-order valence-electron chi connectivity index (χ3n) is 3.49. The van der Waals surface area contributed by atoms with Crippen LogP contribution < -0.4 is 4.90 Å². The number of aliphatic hydroxyl groups excluding tert-OH is 1. The van der Waals surface area contributed by atoms with Gasteiger partial charge in [-0.3, -0.25) is 0 Å². The largest absolute Gasteiger partial charge is 0.393 e. The number of rotatable bonds is 2. The number of hydrogen-bond donors (Lipinski definition) is 2. The molecule has 0 radical (unpaired) electrons. The molecule has 1 saturated heterocycles. The first-order chi connectivity index (χ1) is 8.14. The average molecular weight is 236 g/mol. The number of nitrogens with zero attached hydrogens (tertiary/aromatic N) is 2. The summed E-state index contributed by atoms with van der Waals surface area (Å²) in [7, 11) is 0. The van der Waals surface area contributed by atoms with E-state index in [9.17, 15) is 10.2 Å². The number of aryl methyl sites for hydroxylation is 1. The van der Waals surface area contributed by atoms with Crippen molar-refractivity contribution in [2.75, 3.05) is 24.6 Å². The minimum atomic E-state index is -0.905. The first kappa shape index (κ1) is 12.3. The molecule has 0 bridgehead atoms. The summed E-state index contributed by atoms with van der Waals surface area (Å²) in [6, 6.07) is 3.98. The zero-order valence-electron chi connectivity index (χ0n) is 10.3. The molecular formula is C13H20N2O2. The number of anilines is 1. The molecule has 1 aromatic heterocycles. The van der Waals surface area contributed by atoms with E-state index < -0.39 is 5.60 Å². The van der Waals surface area contributed by atoms with E-state index in [2.05, 4.69) is 9.88 Å². The van der Waals surface area contributed by atoms with Gasteiger partial charge < -0.3 is 15.1 Å². The minimum absolute atomic E-state index is 0.151. The lowest BCUT2D eigenvalue weighted by Gasteiger charge is -2.25. The molecular weight excluding hydrogens is 216 g/mol. The fourth-order valence-electron chi connectivity index (χ4n) is 2.36. The van der Waals surface area contributed by atoms with Crippen molar-refractivity contribution < 1.29 is 10.2 Å². The Morgan fingerprint density at radius 3 is 2.94 bits per heavy atom. The van der Waals surface area contributed by atoms with Gasteiger partial charge in [-0.05, 0) is 37.8 Å². The maximum atomic E-state index is 10.1. The smallest absolute Gasteiger partial charge is 0.131 e. The lowest BCUT2D eigenvalue weighted by Crippen LogP contribution is -2.35. The Morgan fingerprint density at radius 1 is 1.41 bits per heavy atom. The predicted molar refractivity (Wildman–Crippen MR) is 67.1 cm³/mol. The van der Waals surface area contributed by atoms with Crippen molar-refractivity contribution in [2.24, 2.45) is 0 Å². The van der Waals surface area contributed by atoms with Gasteiger partial charge in [0, 0.05) is 19.3 Å². The Labute approximate surface area is 102 Å². The third-order valence-corrected chi connectivity index (χ3v) is 3.49. The van der Waals surface area contributed by atoms with Crippen LogP contribution in [-0.4, -0.2) is 40.5 Å². The van der Waals surface area contributed by atoms with Crippen molar-refractivity contribution in [3.63, 3.8) is 0 Å². The lowest BCUT2D eigenvalue weighted by atomic mass is 9.96. The second-order valence-corrected chi connectivity index (χ2v) is 4.87. The van der Waals surface area contributed by atoms with Crippen molar-refractivity contribution in [2.45, 2.75) is 31.8 Å². The Morgan fingerprint density at radius 2 is 2.24 bits per heavy atom. The summed E-state index contributed by atoms with van der Waals surface area (Å²) in [6.07, 6.45) is 3.93. The highest BCUT2D eigenvalue weighted by atomic mass is 16.3. The van der Waals surface area contributed by atoms with E-state index in [0.29, 0.717) is 12.8 Å². The number of aliphatic hydroxyl groups is 2. The highest BCUT2D eigenvalue weighted by Crippen LogP contribution is 2.25. The summed E-state index contributed by atoms with van der Waals surface area (Å²) in [6.45, 7) is 3.53. The standard InChI is InChI=1S/C13H20N2O2/c1-11-4-2-7-14-12(11)15-8-3-5-13(17,10-16)6-9-15/h2,4,7,16-17H,3,5-6,8-10H2,1H3. The fraction of sp³-hybridized carbons (Fsp3) is 0.615. The van der Waals surface area contributed by atoms with Crippen molar-refractivity contribution in [1.82, 2.24) is 4.98 Å². The second kappa shape index (κ2) is 5.02. The fourth-order valence-corrected chi connectivity index (χ4v) is 2.36. The molecule has 1 aromatic rings. The molecule has 1 aliphatic rings. The van der Waals surface area contributed by atoms with Crippen LogP contribution in [0.4, 0.5) is 5.82 Å². The van der Waals surface area contributed by atoms with E-state index in [1.54, 1.807) is 6.20 Å². The Hall–Kier alpha value is -1.13. The maximum Gasteiger partial charge on any atom is 0.131 e. The van der Waals surface area contributed by atoms with Gasteiger partial charge in [-0.25, -0.2) is 4.98 Å². The van der Waals surface area contributed by atoms with E-state index in [-0.39, 0.29) is 6.61 Å². The number of hydrogen-bond acceptors (Lipinski definition) is 4. The van der Waals surface area contributed by atoms with Crippen molar-refractivity contribution in [3.8, 4) is 0 Å². The van der Waals surface area contributed by atoms with E-state index in [1.807, 2.05) is 19.1 Å². The number of aromatic nitrogens is 1. The summed E-state index contributed by atoms with van der Waals surface area (Å²) >= 11 is 0. The van der Waals surface area contributed by atoms with Crippen LogP contribution in [0.15, 0.2) is 18.3 Å².